The minimum Gasteiger partial charge on any atom is -0.482 e. The van der Waals surface area contributed by atoms with Gasteiger partial charge in [0.2, 0.25) is 5.78 Å². The Morgan fingerprint density at radius 1 is 1.04 bits per heavy atom. The molecular formula is C20H19NO4. The molecule has 1 aromatic heterocycles. The zero-order valence-electron chi connectivity index (χ0n) is 14.1. The summed E-state index contributed by atoms with van der Waals surface area (Å²) in [5.74, 6) is -0.240. The summed E-state index contributed by atoms with van der Waals surface area (Å²) in [6.07, 6.45) is -0.884. The zero-order chi connectivity index (χ0) is 17.8. The Labute approximate surface area is 145 Å². The van der Waals surface area contributed by atoms with Gasteiger partial charge in [0.1, 0.15) is 5.75 Å². The molecule has 0 fully saturated rings. The monoisotopic (exact) mass is 337 g/mol. The molecular weight excluding hydrogens is 318 g/mol. The number of esters is 1. The average Bonchev–Trinajstić information content (AvgIpc) is 2.96. The fraction of sp³-hybridized carbons (Fsp3) is 0.200. The quantitative estimate of drug-likeness (QED) is 0.550. The molecule has 3 rings (SSSR count). The van der Waals surface area contributed by atoms with E-state index in [1.54, 1.807) is 19.1 Å². The molecule has 0 spiro atoms. The highest BCUT2D eigenvalue weighted by Crippen LogP contribution is 2.23. The Bertz CT molecular complexity index is 898. The van der Waals surface area contributed by atoms with Crippen molar-refractivity contribution in [1.29, 1.82) is 0 Å². The molecule has 0 bridgehead atoms. The number of aromatic nitrogens is 1. The van der Waals surface area contributed by atoms with E-state index in [1.165, 1.54) is 0 Å². The van der Waals surface area contributed by atoms with Crippen molar-refractivity contribution in [3.05, 3.63) is 65.9 Å². The van der Waals surface area contributed by atoms with Gasteiger partial charge < -0.3 is 14.5 Å². The van der Waals surface area contributed by atoms with Crippen molar-refractivity contribution in [2.75, 3.05) is 6.61 Å². The number of para-hydroxylation sites is 2. The molecule has 1 heterocycles. The SMILES string of the molecule is Cc1[nH]c2ccccc2c1C(=O)[C@@H](C)OC(=O)COc1ccccc1. The summed E-state index contributed by atoms with van der Waals surface area (Å²) in [4.78, 5) is 27.8. The summed E-state index contributed by atoms with van der Waals surface area (Å²) in [5.41, 5.74) is 2.20. The van der Waals surface area contributed by atoms with Gasteiger partial charge in [-0.3, -0.25) is 4.79 Å². The van der Waals surface area contributed by atoms with Gasteiger partial charge in [-0.2, -0.15) is 0 Å². The largest absolute Gasteiger partial charge is 0.482 e. The molecule has 0 saturated carbocycles. The van der Waals surface area contributed by atoms with Crippen molar-refractivity contribution in [3.8, 4) is 5.75 Å². The van der Waals surface area contributed by atoms with Crippen LogP contribution in [-0.2, 0) is 9.53 Å². The van der Waals surface area contributed by atoms with E-state index >= 15 is 0 Å². The number of H-pyrrole nitrogens is 1. The molecule has 0 aliphatic rings. The maximum absolute atomic E-state index is 12.7. The van der Waals surface area contributed by atoms with Crippen LogP contribution < -0.4 is 4.74 Å². The van der Waals surface area contributed by atoms with E-state index < -0.39 is 12.1 Å². The third-order valence-electron chi connectivity index (χ3n) is 3.92. The lowest BCUT2D eigenvalue weighted by Crippen LogP contribution is -2.27. The van der Waals surface area contributed by atoms with Crippen LogP contribution in [0.1, 0.15) is 23.0 Å². The summed E-state index contributed by atoms with van der Waals surface area (Å²) in [7, 11) is 0. The van der Waals surface area contributed by atoms with Crippen LogP contribution in [0.25, 0.3) is 10.9 Å². The number of hydrogen-bond acceptors (Lipinski definition) is 4. The molecule has 2 aromatic carbocycles. The van der Waals surface area contributed by atoms with Crippen LogP contribution in [-0.4, -0.2) is 29.4 Å². The van der Waals surface area contributed by atoms with Gasteiger partial charge in [-0.05, 0) is 32.0 Å². The molecule has 1 atom stereocenters. The number of ketones is 1. The standard InChI is InChI=1S/C20H19NO4/c1-13-19(16-10-6-7-11-17(16)21-13)20(23)14(2)25-18(22)12-24-15-8-4-3-5-9-15/h3-11,14,21H,12H2,1-2H3/t14-/m1/s1. The molecule has 0 amide bonds. The van der Waals surface area contributed by atoms with Crippen LogP contribution in [0.5, 0.6) is 5.75 Å². The van der Waals surface area contributed by atoms with E-state index in [-0.39, 0.29) is 12.4 Å². The molecule has 0 aliphatic carbocycles. The maximum atomic E-state index is 12.7. The Hall–Kier alpha value is -3.08. The fourth-order valence-corrected chi connectivity index (χ4v) is 2.74. The van der Waals surface area contributed by atoms with Crippen LogP contribution in [0.4, 0.5) is 0 Å². The van der Waals surface area contributed by atoms with Gasteiger partial charge >= 0.3 is 5.97 Å². The third-order valence-corrected chi connectivity index (χ3v) is 3.92. The summed E-state index contributed by atoms with van der Waals surface area (Å²) in [6.45, 7) is 3.17. The Morgan fingerprint density at radius 3 is 2.48 bits per heavy atom. The van der Waals surface area contributed by atoms with Crippen LogP contribution in [0, 0.1) is 6.92 Å². The van der Waals surface area contributed by atoms with Crippen LogP contribution in [0.3, 0.4) is 0 Å². The van der Waals surface area contributed by atoms with E-state index in [0.29, 0.717) is 11.3 Å². The van der Waals surface area contributed by atoms with Gasteiger partial charge in [-0.25, -0.2) is 4.79 Å². The molecule has 0 unspecified atom stereocenters. The molecule has 0 saturated heterocycles. The van der Waals surface area contributed by atoms with Gasteiger partial charge in [-0.15, -0.1) is 0 Å². The van der Waals surface area contributed by atoms with E-state index in [1.807, 2.05) is 49.4 Å². The normalized spacial score (nSPS) is 11.9. The number of Topliss-reactive ketones (excluding diaryl/α,β-unsaturated/α-hetero) is 1. The fourth-order valence-electron chi connectivity index (χ4n) is 2.74. The van der Waals surface area contributed by atoms with Crippen LogP contribution >= 0.6 is 0 Å². The summed E-state index contributed by atoms with van der Waals surface area (Å²) in [5, 5.41) is 0.827. The number of carbonyl (C=O) groups is 2. The lowest BCUT2D eigenvalue weighted by atomic mass is 10.0. The summed E-state index contributed by atoms with van der Waals surface area (Å²) in [6, 6.07) is 16.5. The number of rotatable bonds is 6. The molecule has 0 aliphatic heterocycles. The second-order valence-electron chi connectivity index (χ2n) is 5.77. The minimum absolute atomic E-state index is 0.233. The molecule has 5 heteroatoms. The first-order chi connectivity index (χ1) is 12.1. The van der Waals surface area contributed by atoms with Crippen molar-refractivity contribution < 1.29 is 19.1 Å². The van der Waals surface area contributed by atoms with Crippen LogP contribution in [0.15, 0.2) is 54.6 Å². The highest BCUT2D eigenvalue weighted by molar-refractivity contribution is 6.11. The van der Waals surface area contributed by atoms with E-state index in [4.69, 9.17) is 9.47 Å². The second kappa shape index (κ2) is 7.21. The minimum atomic E-state index is -0.884. The van der Waals surface area contributed by atoms with Gasteiger partial charge in [0.05, 0.1) is 0 Å². The predicted molar refractivity (Wildman–Crippen MR) is 94.9 cm³/mol. The van der Waals surface area contributed by atoms with Crippen LogP contribution in [0.2, 0.25) is 0 Å². The van der Waals surface area contributed by atoms with Crippen molar-refractivity contribution >= 4 is 22.7 Å². The van der Waals surface area contributed by atoms with Crippen molar-refractivity contribution in [1.82, 2.24) is 4.98 Å². The predicted octanol–water partition coefficient (Wildman–Crippen LogP) is 3.67. The number of benzene rings is 2. The lowest BCUT2D eigenvalue weighted by Gasteiger charge is -2.13. The number of aromatic amines is 1. The van der Waals surface area contributed by atoms with E-state index in [2.05, 4.69) is 4.98 Å². The Kier molecular flexibility index (Phi) is 4.84. The summed E-state index contributed by atoms with van der Waals surface area (Å²) >= 11 is 0. The number of ether oxygens (including phenoxy) is 2. The highest BCUT2D eigenvalue weighted by Gasteiger charge is 2.24. The highest BCUT2D eigenvalue weighted by atomic mass is 16.6. The molecule has 0 radical (unpaired) electrons. The first kappa shape index (κ1) is 16.8. The third kappa shape index (κ3) is 3.71. The summed E-state index contributed by atoms with van der Waals surface area (Å²) < 4.78 is 10.6. The van der Waals surface area contributed by atoms with Crippen molar-refractivity contribution in [2.24, 2.45) is 0 Å². The van der Waals surface area contributed by atoms with Crippen molar-refractivity contribution in [2.45, 2.75) is 20.0 Å². The first-order valence-corrected chi connectivity index (χ1v) is 8.05. The first-order valence-electron chi connectivity index (χ1n) is 8.05. The smallest absolute Gasteiger partial charge is 0.344 e. The Morgan fingerprint density at radius 2 is 1.72 bits per heavy atom. The van der Waals surface area contributed by atoms with E-state index in [0.717, 1.165) is 16.6 Å². The molecule has 3 aromatic rings. The van der Waals surface area contributed by atoms with Gasteiger partial charge in [-0.1, -0.05) is 36.4 Å². The number of hydrogen-bond donors (Lipinski definition) is 1. The van der Waals surface area contributed by atoms with E-state index in [9.17, 15) is 9.59 Å². The molecule has 5 nitrogen and oxygen atoms in total. The second-order valence-corrected chi connectivity index (χ2v) is 5.77. The number of nitrogens with one attached hydrogen (secondary N) is 1. The van der Waals surface area contributed by atoms with Gasteiger partial charge in [0.15, 0.2) is 12.7 Å². The van der Waals surface area contributed by atoms with Gasteiger partial charge in [0.25, 0.3) is 0 Å². The number of fused-ring (bicyclic) bond motifs is 1. The lowest BCUT2D eigenvalue weighted by molar-refractivity contribution is -0.148. The molecule has 128 valence electrons. The topological polar surface area (TPSA) is 68.4 Å². The maximum Gasteiger partial charge on any atom is 0.344 e. The zero-order valence-corrected chi connectivity index (χ0v) is 14.1. The van der Waals surface area contributed by atoms with Crippen molar-refractivity contribution in [3.63, 3.8) is 0 Å². The molecule has 1 N–H and O–H groups in total. The number of carbonyl (C=O) groups excluding carboxylic acids is 2. The van der Waals surface area contributed by atoms with Gasteiger partial charge in [0, 0.05) is 22.2 Å². The average molecular weight is 337 g/mol. The Balaban J connectivity index is 1.66. The number of aryl methyl sites for hydroxylation is 1. The molecule has 25 heavy (non-hydrogen) atoms.